The van der Waals surface area contributed by atoms with Crippen LogP contribution in [0.1, 0.15) is 39.9 Å². The molecule has 3 aromatic rings. The van der Waals surface area contributed by atoms with Crippen LogP contribution in [0.4, 0.5) is 0 Å². The first-order valence-electron chi connectivity index (χ1n) is 10.2. The van der Waals surface area contributed by atoms with Gasteiger partial charge >= 0.3 is 0 Å². The summed E-state index contributed by atoms with van der Waals surface area (Å²) >= 11 is 0. The van der Waals surface area contributed by atoms with Crippen LogP contribution >= 0.6 is 0 Å². The second-order valence-electron chi connectivity index (χ2n) is 7.78. The molecule has 2 heterocycles. The Morgan fingerprint density at radius 3 is 2.67 bits per heavy atom. The Morgan fingerprint density at radius 1 is 0.963 bits per heavy atom. The van der Waals surface area contributed by atoms with Crippen LogP contribution in [0.3, 0.4) is 0 Å². The number of H-pyrrole nitrogens is 1. The summed E-state index contributed by atoms with van der Waals surface area (Å²) in [5, 5.41) is 4.97. The summed E-state index contributed by atoms with van der Waals surface area (Å²) in [6.45, 7) is 9.33. The summed E-state index contributed by atoms with van der Waals surface area (Å²) in [5.41, 5.74) is 9.48. The van der Waals surface area contributed by atoms with Crippen LogP contribution in [0, 0.1) is 20.8 Å². The Kier molecular flexibility index (Phi) is 5.22. The molecule has 2 aromatic carbocycles. The van der Waals surface area contributed by atoms with Crippen molar-refractivity contribution >= 4 is 10.9 Å². The summed E-state index contributed by atoms with van der Waals surface area (Å²) in [6, 6.07) is 11.0. The van der Waals surface area contributed by atoms with Crippen molar-refractivity contribution in [3.8, 4) is 5.75 Å². The van der Waals surface area contributed by atoms with Crippen LogP contribution in [0.25, 0.3) is 10.9 Å². The largest absolute Gasteiger partial charge is 0.493 e. The molecule has 0 unspecified atom stereocenters. The van der Waals surface area contributed by atoms with Crippen molar-refractivity contribution in [1.29, 1.82) is 0 Å². The predicted octanol–water partition coefficient (Wildman–Crippen LogP) is 4.79. The van der Waals surface area contributed by atoms with Gasteiger partial charge in [0.05, 0.1) is 6.61 Å². The van der Waals surface area contributed by atoms with Gasteiger partial charge in [-0.1, -0.05) is 24.3 Å². The number of nitrogens with one attached hydrogen (secondary N) is 2. The fourth-order valence-corrected chi connectivity index (χ4v) is 4.28. The molecule has 3 nitrogen and oxygen atoms in total. The first kappa shape index (κ1) is 18.1. The topological polar surface area (TPSA) is 37.0 Å². The molecule has 3 heteroatoms. The molecular formula is C24H30N2O. The lowest BCUT2D eigenvalue weighted by Crippen LogP contribution is -2.16. The fourth-order valence-electron chi connectivity index (χ4n) is 4.28. The predicted molar refractivity (Wildman–Crippen MR) is 113 cm³/mol. The van der Waals surface area contributed by atoms with Gasteiger partial charge in [-0.2, -0.15) is 0 Å². The standard InChI is InChI=1S/C24H30N2O/c1-16-9-10-17(2)24(18(16)3)27-15-5-7-19-6-4-8-22-23(19)20-11-13-25-14-12-21(20)26-22/h4,6,8-10,25-26H,5,7,11-15H2,1-3H3. The highest BCUT2D eigenvalue weighted by molar-refractivity contribution is 5.88. The molecule has 1 aliphatic rings. The SMILES string of the molecule is Cc1ccc(C)c(OCCCc2cccc3[nH]c4c(c23)CCNCC4)c1C. The van der Waals surface area contributed by atoms with Gasteiger partial charge in [0.1, 0.15) is 5.75 Å². The molecule has 1 aromatic heterocycles. The first-order chi connectivity index (χ1) is 13.1. The van der Waals surface area contributed by atoms with Crippen molar-refractivity contribution in [2.45, 2.75) is 46.5 Å². The number of aromatic nitrogens is 1. The average molecular weight is 363 g/mol. The van der Waals surface area contributed by atoms with Crippen molar-refractivity contribution in [2.24, 2.45) is 0 Å². The maximum Gasteiger partial charge on any atom is 0.125 e. The van der Waals surface area contributed by atoms with E-state index in [4.69, 9.17) is 4.74 Å². The zero-order valence-electron chi connectivity index (χ0n) is 16.7. The quantitative estimate of drug-likeness (QED) is 0.640. The number of fused-ring (bicyclic) bond motifs is 3. The van der Waals surface area contributed by atoms with Crippen molar-refractivity contribution in [2.75, 3.05) is 19.7 Å². The number of ether oxygens (including phenoxy) is 1. The summed E-state index contributed by atoms with van der Waals surface area (Å²) in [5.74, 6) is 1.06. The Bertz CT molecular complexity index is 955. The molecule has 0 spiro atoms. The molecule has 0 radical (unpaired) electrons. The minimum atomic E-state index is 0.760. The zero-order chi connectivity index (χ0) is 18.8. The molecule has 0 fully saturated rings. The van der Waals surface area contributed by atoms with E-state index in [0.29, 0.717) is 0 Å². The third-order valence-corrected chi connectivity index (χ3v) is 5.92. The number of hydrogen-bond donors (Lipinski definition) is 2. The minimum Gasteiger partial charge on any atom is -0.493 e. The first-order valence-corrected chi connectivity index (χ1v) is 10.2. The highest BCUT2D eigenvalue weighted by Gasteiger charge is 2.16. The van der Waals surface area contributed by atoms with Crippen LogP contribution in [-0.2, 0) is 19.3 Å². The Labute approximate surface area is 162 Å². The smallest absolute Gasteiger partial charge is 0.125 e. The molecule has 0 aliphatic carbocycles. The van der Waals surface area contributed by atoms with Gasteiger partial charge < -0.3 is 15.0 Å². The molecule has 142 valence electrons. The van der Waals surface area contributed by atoms with Crippen molar-refractivity contribution in [3.63, 3.8) is 0 Å². The maximum absolute atomic E-state index is 6.18. The van der Waals surface area contributed by atoms with Gasteiger partial charge in [-0.3, -0.25) is 0 Å². The highest BCUT2D eigenvalue weighted by Crippen LogP contribution is 2.29. The third-order valence-electron chi connectivity index (χ3n) is 5.92. The van der Waals surface area contributed by atoms with Crippen LogP contribution in [-0.4, -0.2) is 24.7 Å². The highest BCUT2D eigenvalue weighted by atomic mass is 16.5. The van der Waals surface area contributed by atoms with Crippen LogP contribution < -0.4 is 10.1 Å². The van der Waals surface area contributed by atoms with Gasteiger partial charge in [-0.25, -0.2) is 0 Å². The Hall–Kier alpha value is -2.26. The Morgan fingerprint density at radius 2 is 1.78 bits per heavy atom. The Balaban J connectivity index is 1.48. The van der Waals surface area contributed by atoms with E-state index in [-0.39, 0.29) is 0 Å². The second kappa shape index (κ2) is 7.77. The maximum atomic E-state index is 6.18. The second-order valence-corrected chi connectivity index (χ2v) is 7.78. The van der Waals surface area contributed by atoms with Crippen molar-refractivity contribution in [3.05, 3.63) is 63.8 Å². The van der Waals surface area contributed by atoms with E-state index in [2.05, 4.69) is 61.4 Å². The zero-order valence-corrected chi connectivity index (χ0v) is 16.7. The number of benzene rings is 2. The number of aryl methyl sites for hydroxylation is 3. The minimum absolute atomic E-state index is 0.760. The van der Waals surface area contributed by atoms with E-state index in [9.17, 15) is 0 Å². The van der Waals surface area contributed by atoms with E-state index < -0.39 is 0 Å². The number of hydrogen-bond acceptors (Lipinski definition) is 2. The van der Waals surface area contributed by atoms with Crippen molar-refractivity contribution < 1.29 is 4.74 Å². The molecule has 0 amide bonds. The molecule has 0 saturated heterocycles. The van der Waals surface area contributed by atoms with Gasteiger partial charge in [0.25, 0.3) is 0 Å². The molecule has 4 rings (SSSR count). The summed E-state index contributed by atoms with van der Waals surface area (Å²) < 4.78 is 6.18. The molecule has 27 heavy (non-hydrogen) atoms. The van der Waals surface area contributed by atoms with Gasteiger partial charge in [0, 0.05) is 29.6 Å². The molecule has 0 atom stereocenters. The molecule has 2 N–H and O–H groups in total. The van der Waals surface area contributed by atoms with E-state index in [0.717, 1.165) is 51.1 Å². The molecular weight excluding hydrogens is 332 g/mol. The monoisotopic (exact) mass is 362 g/mol. The lowest BCUT2D eigenvalue weighted by Gasteiger charge is -2.14. The lowest BCUT2D eigenvalue weighted by molar-refractivity contribution is 0.307. The average Bonchev–Trinajstić information content (AvgIpc) is 2.86. The number of rotatable bonds is 5. The van der Waals surface area contributed by atoms with E-state index in [1.807, 2.05) is 0 Å². The van der Waals surface area contributed by atoms with Gasteiger partial charge in [0.15, 0.2) is 0 Å². The lowest BCUT2D eigenvalue weighted by atomic mass is 9.99. The van der Waals surface area contributed by atoms with Crippen LogP contribution in [0.5, 0.6) is 5.75 Å². The van der Waals surface area contributed by atoms with E-state index in [1.54, 1.807) is 0 Å². The van der Waals surface area contributed by atoms with Crippen LogP contribution in [0.15, 0.2) is 30.3 Å². The summed E-state index contributed by atoms with van der Waals surface area (Å²) in [7, 11) is 0. The number of aromatic amines is 1. The van der Waals surface area contributed by atoms with Gasteiger partial charge in [0.2, 0.25) is 0 Å². The summed E-state index contributed by atoms with van der Waals surface area (Å²) in [4.78, 5) is 3.66. The third kappa shape index (κ3) is 3.61. The molecule has 0 bridgehead atoms. The van der Waals surface area contributed by atoms with Crippen molar-refractivity contribution in [1.82, 2.24) is 10.3 Å². The van der Waals surface area contributed by atoms with Gasteiger partial charge in [-0.05, 0) is 80.5 Å². The van der Waals surface area contributed by atoms with Crippen LogP contribution in [0.2, 0.25) is 0 Å². The summed E-state index contributed by atoms with van der Waals surface area (Å²) in [6.07, 6.45) is 4.30. The normalized spacial score (nSPS) is 14.2. The molecule has 1 aliphatic heterocycles. The fraction of sp³-hybridized carbons (Fsp3) is 0.417. The van der Waals surface area contributed by atoms with E-state index >= 15 is 0 Å². The van der Waals surface area contributed by atoms with Gasteiger partial charge in [-0.15, -0.1) is 0 Å². The van der Waals surface area contributed by atoms with E-state index in [1.165, 1.54) is 44.4 Å². The molecule has 0 saturated carbocycles.